The van der Waals surface area contributed by atoms with Crippen LogP contribution in [0.3, 0.4) is 0 Å². The summed E-state index contributed by atoms with van der Waals surface area (Å²) in [7, 11) is 0. The van der Waals surface area contributed by atoms with Gasteiger partial charge in [0.05, 0.1) is 12.5 Å². The van der Waals surface area contributed by atoms with Gasteiger partial charge in [0, 0.05) is 10.0 Å². The van der Waals surface area contributed by atoms with Gasteiger partial charge in [-0.05, 0) is 32.0 Å². The first-order valence-corrected chi connectivity index (χ1v) is 5.47. The first-order chi connectivity index (χ1) is 7.06. The van der Waals surface area contributed by atoms with Crippen molar-refractivity contribution in [2.45, 2.75) is 19.8 Å². The van der Waals surface area contributed by atoms with Crippen LogP contribution in [0.5, 0.6) is 0 Å². The van der Waals surface area contributed by atoms with Crippen LogP contribution in [0.1, 0.15) is 25.3 Å². The molecule has 4 heteroatoms. The number of carbonyl (C=O) groups is 1. The fourth-order valence-corrected chi connectivity index (χ4v) is 1.62. The van der Waals surface area contributed by atoms with Crippen molar-refractivity contribution in [1.29, 1.82) is 0 Å². The maximum atomic E-state index is 13.4. The lowest BCUT2D eigenvalue weighted by Crippen LogP contribution is -2.14. The average Bonchev–Trinajstić information content (AvgIpc) is 2.21. The summed E-state index contributed by atoms with van der Waals surface area (Å²) in [5, 5.41) is 0. The molecular weight excluding hydrogens is 263 g/mol. The minimum absolute atomic E-state index is 0.304. The van der Waals surface area contributed by atoms with Gasteiger partial charge in [0.1, 0.15) is 5.82 Å². The minimum Gasteiger partial charge on any atom is -0.466 e. The fraction of sp³-hybridized carbons (Fsp3) is 0.364. The molecular formula is C11H12BrFO2. The first kappa shape index (κ1) is 12.2. The van der Waals surface area contributed by atoms with Crippen LogP contribution in [0.2, 0.25) is 0 Å². The molecule has 15 heavy (non-hydrogen) atoms. The maximum Gasteiger partial charge on any atom is 0.313 e. The second-order valence-corrected chi connectivity index (χ2v) is 4.06. The highest BCUT2D eigenvalue weighted by Crippen LogP contribution is 2.24. The summed E-state index contributed by atoms with van der Waals surface area (Å²) >= 11 is 3.23. The molecule has 0 aliphatic heterocycles. The van der Waals surface area contributed by atoms with E-state index in [0.29, 0.717) is 12.2 Å². The predicted octanol–water partition coefficient (Wildman–Crippen LogP) is 3.25. The number of hydrogen-bond acceptors (Lipinski definition) is 2. The van der Waals surface area contributed by atoms with E-state index in [1.54, 1.807) is 26.0 Å². The van der Waals surface area contributed by atoms with E-state index in [-0.39, 0.29) is 0 Å². The molecule has 0 spiro atoms. The second-order valence-electron chi connectivity index (χ2n) is 3.14. The Hall–Kier alpha value is -0.900. The molecule has 0 fully saturated rings. The van der Waals surface area contributed by atoms with E-state index in [2.05, 4.69) is 15.9 Å². The molecule has 0 radical (unpaired) electrons. The van der Waals surface area contributed by atoms with E-state index in [0.717, 1.165) is 4.47 Å². The number of hydrogen-bond donors (Lipinski definition) is 0. The molecule has 0 saturated heterocycles. The van der Waals surface area contributed by atoms with Crippen molar-refractivity contribution in [2.75, 3.05) is 6.61 Å². The van der Waals surface area contributed by atoms with Gasteiger partial charge in [0.25, 0.3) is 0 Å². The summed E-state index contributed by atoms with van der Waals surface area (Å²) in [6, 6.07) is 4.52. The Morgan fingerprint density at radius 1 is 1.60 bits per heavy atom. The Balaban J connectivity index is 2.94. The lowest BCUT2D eigenvalue weighted by atomic mass is 10.0. The lowest BCUT2D eigenvalue weighted by Gasteiger charge is -2.11. The summed E-state index contributed by atoms with van der Waals surface area (Å²) in [5.41, 5.74) is 0.350. The fourth-order valence-electron chi connectivity index (χ4n) is 1.24. The van der Waals surface area contributed by atoms with Gasteiger partial charge in [0.15, 0.2) is 0 Å². The Morgan fingerprint density at radius 2 is 2.27 bits per heavy atom. The third kappa shape index (κ3) is 3.02. The molecule has 82 valence electrons. The molecule has 0 bridgehead atoms. The number of rotatable bonds is 3. The Labute approximate surface area is 96.6 Å². The van der Waals surface area contributed by atoms with Crippen LogP contribution in [0.15, 0.2) is 22.7 Å². The van der Waals surface area contributed by atoms with Gasteiger partial charge in [-0.25, -0.2) is 4.39 Å². The summed E-state index contributed by atoms with van der Waals surface area (Å²) < 4.78 is 19.0. The van der Waals surface area contributed by atoms with E-state index in [4.69, 9.17) is 4.74 Å². The smallest absolute Gasteiger partial charge is 0.313 e. The van der Waals surface area contributed by atoms with Crippen molar-refractivity contribution < 1.29 is 13.9 Å². The molecule has 1 rings (SSSR count). The van der Waals surface area contributed by atoms with Crippen molar-refractivity contribution in [3.8, 4) is 0 Å². The van der Waals surface area contributed by atoms with Crippen LogP contribution < -0.4 is 0 Å². The molecule has 0 aliphatic carbocycles. The molecule has 0 heterocycles. The quantitative estimate of drug-likeness (QED) is 0.791. The van der Waals surface area contributed by atoms with E-state index < -0.39 is 17.7 Å². The lowest BCUT2D eigenvalue weighted by molar-refractivity contribution is -0.144. The number of esters is 1. The van der Waals surface area contributed by atoms with Crippen molar-refractivity contribution in [2.24, 2.45) is 0 Å². The molecule has 0 aromatic heterocycles. The topological polar surface area (TPSA) is 26.3 Å². The highest BCUT2D eigenvalue weighted by atomic mass is 79.9. The predicted molar refractivity (Wildman–Crippen MR) is 59.1 cm³/mol. The molecule has 0 amide bonds. The molecule has 1 unspecified atom stereocenters. The third-order valence-corrected chi connectivity index (χ3v) is 2.56. The highest BCUT2D eigenvalue weighted by Gasteiger charge is 2.19. The Kier molecular flexibility index (Phi) is 4.27. The van der Waals surface area contributed by atoms with E-state index in [9.17, 15) is 9.18 Å². The van der Waals surface area contributed by atoms with Crippen molar-refractivity contribution in [3.05, 3.63) is 34.1 Å². The summed E-state index contributed by atoms with van der Waals surface area (Å²) in [5.74, 6) is -1.38. The standard InChI is InChI=1S/C11H12BrFO2/c1-3-15-11(14)7(2)9-6-8(12)4-5-10(9)13/h4-7H,3H2,1-2H3. The normalized spacial score (nSPS) is 12.3. The van der Waals surface area contributed by atoms with Crippen LogP contribution in [0.25, 0.3) is 0 Å². The van der Waals surface area contributed by atoms with Gasteiger partial charge < -0.3 is 4.74 Å². The minimum atomic E-state index is -0.581. The van der Waals surface area contributed by atoms with E-state index >= 15 is 0 Å². The number of carbonyl (C=O) groups excluding carboxylic acids is 1. The molecule has 1 atom stereocenters. The third-order valence-electron chi connectivity index (χ3n) is 2.06. The number of benzene rings is 1. The molecule has 0 N–H and O–H groups in total. The van der Waals surface area contributed by atoms with Gasteiger partial charge in [-0.1, -0.05) is 15.9 Å². The largest absolute Gasteiger partial charge is 0.466 e. The first-order valence-electron chi connectivity index (χ1n) is 4.67. The monoisotopic (exact) mass is 274 g/mol. The van der Waals surface area contributed by atoms with Gasteiger partial charge in [-0.3, -0.25) is 4.79 Å². The summed E-state index contributed by atoms with van der Waals surface area (Å²) in [6.45, 7) is 3.66. The van der Waals surface area contributed by atoms with E-state index in [1.165, 1.54) is 6.07 Å². The van der Waals surface area contributed by atoms with Crippen LogP contribution in [0.4, 0.5) is 4.39 Å². The molecule has 2 nitrogen and oxygen atoms in total. The molecule has 1 aromatic carbocycles. The van der Waals surface area contributed by atoms with Crippen molar-refractivity contribution in [3.63, 3.8) is 0 Å². The number of halogens is 2. The Morgan fingerprint density at radius 3 is 2.87 bits per heavy atom. The molecule has 0 saturated carbocycles. The SMILES string of the molecule is CCOC(=O)C(C)c1cc(Br)ccc1F. The number of ether oxygens (including phenoxy) is 1. The second kappa shape index (κ2) is 5.26. The van der Waals surface area contributed by atoms with Gasteiger partial charge in [0.2, 0.25) is 0 Å². The molecule has 0 aliphatic rings. The van der Waals surface area contributed by atoms with Gasteiger partial charge in [-0.15, -0.1) is 0 Å². The van der Waals surface area contributed by atoms with Crippen molar-refractivity contribution in [1.82, 2.24) is 0 Å². The zero-order valence-electron chi connectivity index (χ0n) is 8.59. The van der Waals surface area contributed by atoms with Crippen LogP contribution in [0, 0.1) is 5.82 Å². The zero-order valence-corrected chi connectivity index (χ0v) is 10.2. The maximum absolute atomic E-state index is 13.4. The summed E-state index contributed by atoms with van der Waals surface area (Å²) in [4.78, 5) is 11.4. The van der Waals surface area contributed by atoms with E-state index in [1.807, 2.05) is 0 Å². The van der Waals surface area contributed by atoms with Gasteiger partial charge >= 0.3 is 5.97 Å². The highest BCUT2D eigenvalue weighted by molar-refractivity contribution is 9.10. The summed E-state index contributed by atoms with van der Waals surface area (Å²) in [6.07, 6.45) is 0. The van der Waals surface area contributed by atoms with Crippen molar-refractivity contribution >= 4 is 21.9 Å². The van der Waals surface area contributed by atoms with Gasteiger partial charge in [-0.2, -0.15) is 0 Å². The Bertz CT molecular complexity index is 366. The molecule has 1 aromatic rings. The van der Waals surface area contributed by atoms with Crippen LogP contribution in [-0.2, 0) is 9.53 Å². The average molecular weight is 275 g/mol. The zero-order chi connectivity index (χ0) is 11.4. The van der Waals surface area contributed by atoms with Crippen LogP contribution >= 0.6 is 15.9 Å². The van der Waals surface area contributed by atoms with Crippen LogP contribution in [-0.4, -0.2) is 12.6 Å².